The van der Waals surface area contributed by atoms with Gasteiger partial charge in [-0.25, -0.2) is 4.98 Å². The SMILES string of the molecule is Cc1coc2c3ccc4c(c3c3oc(CCc5ccccc5)nc3c12)CCCC4(C)C. The number of aromatic nitrogens is 1. The van der Waals surface area contributed by atoms with E-state index in [0.29, 0.717) is 0 Å². The van der Waals surface area contributed by atoms with Gasteiger partial charge in [0.2, 0.25) is 0 Å². The van der Waals surface area contributed by atoms with Crippen molar-refractivity contribution in [2.75, 3.05) is 0 Å². The molecule has 0 amide bonds. The molecule has 1 aliphatic carbocycles. The van der Waals surface area contributed by atoms with Gasteiger partial charge in [-0.15, -0.1) is 0 Å². The molecule has 31 heavy (non-hydrogen) atoms. The van der Waals surface area contributed by atoms with Gasteiger partial charge in [-0.05, 0) is 60.3 Å². The van der Waals surface area contributed by atoms with E-state index in [2.05, 4.69) is 63.2 Å². The molecule has 3 aromatic carbocycles. The van der Waals surface area contributed by atoms with Gasteiger partial charge in [0, 0.05) is 17.2 Å². The van der Waals surface area contributed by atoms with Crippen molar-refractivity contribution in [3.8, 4) is 0 Å². The first-order valence-corrected chi connectivity index (χ1v) is 11.3. The van der Waals surface area contributed by atoms with E-state index in [9.17, 15) is 0 Å². The summed E-state index contributed by atoms with van der Waals surface area (Å²) >= 11 is 0. The van der Waals surface area contributed by atoms with Crippen LogP contribution in [0.5, 0.6) is 0 Å². The summed E-state index contributed by atoms with van der Waals surface area (Å²) in [5, 5.41) is 3.45. The third-order valence-electron chi connectivity index (χ3n) is 7.10. The molecule has 1 aliphatic rings. The Labute approximate surface area is 182 Å². The Hall–Kier alpha value is -3.07. The van der Waals surface area contributed by atoms with Crippen molar-refractivity contribution in [3.05, 3.63) is 76.9 Å². The number of furan rings is 1. The van der Waals surface area contributed by atoms with Crippen LogP contribution in [0.15, 0.2) is 57.6 Å². The second kappa shape index (κ2) is 6.71. The third kappa shape index (κ3) is 2.83. The Morgan fingerprint density at radius 3 is 2.65 bits per heavy atom. The van der Waals surface area contributed by atoms with Gasteiger partial charge in [-0.1, -0.05) is 56.3 Å². The second-order valence-corrected chi connectivity index (χ2v) is 9.65. The normalized spacial score (nSPS) is 15.7. The maximum absolute atomic E-state index is 6.52. The molecule has 0 fully saturated rings. The summed E-state index contributed by atoms with van der Waals surface area (Å²) in [4.78, 5) is 5.00. The largest absolute Gasteiger partial charge is 0.463 e. The van der Waals surface area contributed by atoms with E-state index in [1.54, 1.807) is 0 Å². The molecule has 0 aliphatic heterocycles. The molecular formula is C28H27NO2. The molecule has 0 unspecified atom stereocenters. The molecule has 0 radical (unpaired) electrons. The van der Waals surface area contributed by atoms with E-state index in [-0.39, 0.29) is 5.41 Å². The van der Waals surface area contributed by atoms with Crippen LogP contribution < -0.4 is 0 Å². The van der Waals surface area contributed by atoms with E-state index < -0.39 is 0 Å². The molecule has 156 valence electrons. The zero-order valence-electron chi connectivity index (χ0n) is 18.4. The summed E-state index contributed by atoms with van der Waals surface area (Å²) in [5.41, 5.74) is 8.28. The van der Waals surface area contributed by atoms with Crippen molar-refractivity contribution in [3.63, 3.8) is 0 Å². The van der Waals surface area contributed by atoms with E-state index >= 15 is 0 Å². The van der Waals surface area contributed by atoms with E-state index in [4.69, 9.17) is 13.8 Å². The van der Waals surface area contributed by atoms with Gasteiger partial charge < -0.3 is 8.83 Å². The molecular weight excluding hydrogens is 382 g/mol. The average molecular weight is 410 g/mol. The molecule has 0 N–H and O–H groups in total. The Morgan fingerprint density at radius 1 is 0.968 bits per heavy atom. The predicted octanol–water partition coefficient (Wildman–Crippen LogP) is 7.43. The minimum absolute atomic E-state index is 0.179. The van der Waals surface area contributed by atoms with Crippen LogP contribution in [0.2, 0.25) is 0 Å². The Balaban J connectivity index is 1.61. The molecule has 2 aromatic heterocycles. The lowest BCUT2D eigenvalue weighted by atomic mass is 9.71. The quantitative estimate of drug-likeness (QED) is 0.311. The fourth-order valence-corrected chi connectivity index (χ4v) is 5.47. The first kappa shape index (κ1) is 18.7. The zero-order chi connectivity index (χ0) is 21.2. The second-order valence-electron chi connectivity index (χ2n) is 9.65. The van der Waals surface area contributed by atoms with Crippen LogP contribution in [0.1, 0.15) is 54.8 Å². The summed E-state index contributed by atoms with van der Waals surface area (Å²) in [6.07, 6.45) is 7.06. The maximum atomic E-state index is 6.52. The van der Waals surface area contributed by atoms with E-state index in [1.807, 2.05) is 6.26 Å². The fraction of sp³-hybridized carbons (Fsp3) is 0.321. The molecule has 3 heteroatoms. The monoisotopic (exact) mass is 409 g/mol. The first-order valence-electron chi connectivity index (χ1n) is 11.3. The standard InChI is InChI=1S/C28H27NO2/c1-17-16-30-26-20-12-13-21-19(10-7-15-28(21,2)3)24(20)27-25(23(17)26)29-22(31-27)14-11-18-8-5-4-6-9-18/h4-6,8-9,12-13,16H,7,10-11,14-15H2,1-3H3. The summed E-state index contributed by atoms with van der Waals surface area (Å²) in [6.45, 7) is 6.81. The highest BCUT2D eigenvalue weighted by molar-refractivity contribution is 6.22. The molecule has 5 aromatic rings. The van der Waals surface area contributed by atoms with Crippen molar-refractivity contribution < 1.29 is 8.83 Å². The van der Waals surface area contributed by atoms with Gasteiger partial charge in [0.1, 0.15) is 11.1 Å². The number of nitrogens with zero attached hydrogens (tertiary/aromatic N) is 1. The number of fused-ring (bicyclic) bond motifs is 8. The highest BCUT2D eigenvalue weighted by atomic mass is 16.3. The van der Waals surface area contributed by atoms with Crippen molar-refractivity contribution >= 4 is 32.8 Å². The van der Waals surface area contributed by atoms with Crippen molar-refractivity contribution in [2.45, 2.75) is 58.3 Å². The van der Waals surface area contributed by atoms with Gasteiger partial charge in [0.05, 0.1) is 11.6 Å². The van der Waals surface area contributed by atoms with Crippen LogP contribution in [0, 0.1) is 6.92 Å². The van der Waals surface area contributed by atoms with Crippen LogP contribution in [-0.2, 0) is 24.7 Å². The number of hydrogen-bond acceptors (Lipinski definition) is 3. The first-order chi connectivity index (χ1) is 15.0. The molecule has 0 saturated carbocycles. The van der Waals surface area contributed by atoms with Crippen LogP contribution >= 0.6 is 0 Å². The number of oxazole rings is 1. The average Bonchev–Trinajstić information content (AvgIpc) is 3.36. The van der Waals surface area contributed by atoms with Crippen LogP contribution in [0.25, 0.3) is 32.8 Å². The minimum Gasteiger partial charge on any atom is -0.463 e. The molecule has 6 rings (SSSR count). The van der Waals surface area contributed by atoms with Crippen molar-refractivity contribution in [2.24, 2.45) is 0 Å². The van der Waals surface area contributed by atoms with E-state index in [0.717, 1.165) is 58.2 Å². The Morgan fingerprint density at radius 2 is 1.81 bits per heavy atom. The minimum atomic E-state index is 0.179. The fourth-order valence-electron chi connectivity index (χ4n) is 5.47. The van der Waals surface area contributed by atoms with E-state index in [1.165, 1.54) is 34.9 Å². The Kier molecular flexibility index (Phi) is 4.05. The number of rotatable bonds is 3. The number of benzene rings is 3. The molecule has 3 nitrogen and oxygen atoms in total. The summed E-state index contributed by atoms with van der Waals surface area (Å²) < 4.78 is 12.6. The Bertz CT molecular complexity index is 1440. The van der Waals surface area contributed by atoms with Gasteiger partial charge >= 0.3 is 0 Å². The number of aryl methyl sites for hydroxylation is 4. The molecule has 2 heterocycles. The summed E-state index contributed by atoms with van der Waals surface area (Å²) in [5.74, 6) is 0.806. The van der Waals surface area contributed by atoms with Crippen LogP contribution in [0.3, 0.4) is 0 Å². The third-order valence-corrected chi connectivity index (χ3v) is 7.10. The summed E-state index contributed by atoms with van der Waals surface area (Å²) in [7, 11) is 0. The topological polar surface area (TPSA) is 39.2 Å². The lowest BCUT2D eigenvalue weighted by Crippen LogP contribution is -2.23. The van der Waals surface area contributed by atoms with Crippen LogP contribution in [-0.4, -0.2) is 4.98 Å². The molecule has 0 atom stereocenters. The highest BCUT2D eigenvalue weighted by Crippen LogP contribution is 2.45. The van der Waals surface area contributed by atoms with Crippen molar-refractivity contribution in [1.82, 2.24) is 4.98 Å². The van der Waals surface area contributed by atoms with Gasteiger partial charge in [0.15, 0.2) is 11.5 Å². The van der Waals surface area contributed by atoms with Gasteiger partial charge in [0.25, 0.3) is 0 Å². The molecule has 0 spiro atoms. The zero-order valence-corrected chi connectivity index (χ0v) is 18.4. The lowest BCUT2D eigenvalue weighted by Gasteiger charge is -2.33. The van der Waals surface area contributed by atoms with Crippen molar-refractivity contribution in [1.29, 1.82) is 0 Å². The predicted molar refractivity (Wildman–Crippen MR) is 126 cm³/mol. The van der Waals surface area contributed by atoms with Gasteiger partial charge in [-0.3, -0.25) is 0 Å². The molecule has 0 bridgehead atoms. The molecule has 0 saturated heterocycles. The summed E-state index contributed by atoms with van der Waals surface area (Å²) in [6, 6.07) is 15.1. The number of hydrogen-bond donors (Lipinski definition) is 0. The highest BCUT2D eigenvalue weighted by Gasteiger charge is 2.31. The smallest absolute Gasteiger partial charge is 0.195 e. The lowest BCUT2D eigenvalue weighted by molar-refractivity contribution is 0.433. The maximum Gasteiger partial charge on any atom is 0.195 e. The van der Waals surface area contributed by atoms with Crippen LogP contribution in [0.4, 0.5) is 0 Å². The van der Waals surface area contributed by atoms with Gasteiger partial charge in [-0.2, -0.15) is 0 Å².